The molecule has 1 atom stereocenters. The molecule has 1 unspecified atom stereocenters. The van der Waals surface area contributed by atoms with Gasteiger partial charge in [-0.2, -0.15) is 0 Å². The second-order valence-electron chi connectivity index (χ2n) is 8.28. The van der Waals surface area contributed by atoms with E-state index in [-0.39, 0.29) is 12.4 Å². The van der Waals surface area contributed by atoms with Gasteiger partial charge in [0.2, 0.25) is 0 Å². The van der Waals surface area contributed by atoms with Crippen LogP contribution in [0.2, 0.25) is 0 Å². The number of aliphatic hydroxyl groups is 1. The Kier molecular flexibility index (Phi) is 5.99. The number of aromatic nitrogens is 1. The van der Waals surface area contributed by atoms with Gasteiger partial charge in [-0.05, 0) is 55.7 Å². The van der Waals surface area contributed by atoms with E-state index in [0.717, 1.165) is 44.7 Å². The van der Waals surface area contributed by atoms with E-state index in [2.05, 4.69) is 46.8 Å². The molecule has 1 fully saturated rings. The maximum absolute atomic E-state index is 13.2. The first-order chi connectivity index (χ1) is 14.0. The Morgan fingerprint density at radius 2 is 1.86 bits per heavy atom. The van der Waals surface area contributed by atoms with Gasteiger partial charge in [0.1, 0.15) is 5.82 Å². The number of nitrogens with one attached hydrogen (secondary N) is 1. The van der Waals surface area contributed by atoms with Crippen molar-refractivity contribution in [1.29, 1.82) is 0 Å². The van der Waals surface area contributed by atoms with Gasteiger partial charge in [-0.3, -0.25) is 9.80 Å². The van der Waals surface area contributed by atoms with Crippen LogP contribution >= 0.6 is 0 Å². The first kappa shape index (κ1) is 20.1. The number of hydrogen-bond acceptors (Lipinski definition) is 3. The Labute approximate surface area is 172 Å². The number of aryl methyl sites for hydroxylation is 2. The third-order valence-electron chi connectivity index (χ3n) is 6.15. The third-order valence-corrected chi connectivity index (χ3v) is 6.15. The van der Waals surface area contributed by atoms with Crippen LogP contribution in [0.15, 0.2) is 42.5 Å². The standard InChI is InChI=1S/C24H30FN3O/c1-17-3-8-23-22(13-17)18(2)24(26-23)16-27-10-11-28(21(15-27)9-12-29)14-19-4-6-20(25)7-5-19/h3-8,13,21,26,29H,9-12,14-16H2,1-2H3. The van der Waals surface area contributed by atoms with Crippen molar-refractivity contribution in [3.05, 3.63) is 70.7 Å². The molecule has 1 aliphatic rings. The minimum absolute atomic E-state index is 0.184. The smallest absolute Gasteiger partial charge is 0.123 e. The van der Waals surface area contributed by atoms with E-state index in [4.69, 9.17) is 0 Å². The second-order valence-corrected chi connectivity index (χ2v) is 8.28. The fourth-order valence-corrected chi connectivity index (χ4v) is 4.43. The molecule has 3 aromatic rings. The van der Waals surface area contributed by atoms with Crippen LogP contribution in [-0.2, 0) is 13.1 Å². The first-order valence-electron chi connectivity index (χ1n) is 10.4. The molecule has 0 saturated carbocycles. The van der Waals surface area contributed by atoms with Gasteiger partial charge in [0.15, 0.2) is 0 Å². The largest absolute Gasteiger partial charge is 0.396 e. The number of halogens is 1. The molecule has 1 aliphatic heterocycles. The predicted molar refractivity (Wildman–Crippen MR) is 115 cm³/mol. The normalized spacial score (nSPS) is 18.6. The predicted octanol–water partition coefficient (Wildman–Crippen LogP) is 3.99. The van der Waals surface area contributed by atoms with E-state index in [1.54, 1.807) is 0 Å². The van der Waals surface area contributed by atoms with E-state index >= 15 is 0 Å². The lowest BCUT2D eigenvalue weighted by Crippen LogP contribution is -2.52. The van der Waals surface area contributed by atoms with Crippen molar-refractivity contribution in [2.75, 3.05) is 26.2 Å². The average molecular weight is 396 g/mol. The van der Waals surface area contributed by atoms with Crippen LogP contribution < -0.4 is 0 Å². The van der Waals surface area contributed by atoms with Gasteiger partial charge in [-0.15, -0.1) is 0 Å². The lowest BCUT2D eigenvalue weighted by molar-refractivity contribution is 0.0494. The topological polar surface area (TPSA) is 42.5 Å². The number of H-pyrrole nitrogens is 1. The molecule has 29 heavy (non-hydrogen) atoms. The molecular weight excluding hydrogens is 365 g/mol. The van der Waals surface area contributed by atoms with Crippen molar-refractivity contribution in [2.24, 2.45) is 0 Å². The van der Waals surface area contributed by atoms with Crippen molar-refractivity contribution >= 4 is 10.9 Å². The molecule has 2 heterocycles. The van der Waals surface area contributed by atoms with Crippen LogP contribution in [0.5, 0.6) is 0 Å². The fraction of sp³-hybridized carbons (Fsp3) is 0.417. The molecule has 1 aromatic heterocycles. The number of hydrogen-bond donors (Lipinski definition) is 2. The number of nitrogens with zero attached hydrogens (tertiary/aromatic N) is 2. The zero-order chi connectivity index (χ0) is 20.4. The zero-order valence-corrected chi connectivity index (χ0v) is 17.3. The SMILES string of the molecule is Cc1ccc2[nH]c(CN3CCN(Cc4ccc(F)cc4)C(CCO)C3)c(C)c2c1. The van der Waals surface area contributed by atoms with E-state index in [1.165, 1.54) is 39.9 Å². The summed E-state index contributed by atoms with van der Waals surface area (Å²) in [6.07, 6.45) is 0.753. The van der Waals surface area contributed by atoms with Gasteiger partial charge in [0.05, 0.1) is 0 Å². The van der Waals surface area contributed by atoms with Crippen LogP contribution in [0.4, 0.5) is 4.39 Å². The van der Waals surface area contributed by atoms with Crippen molar-refractivity contribution in [1.82, 2.24) is 14.8 Å². The Balaban J connectivity index is 1.45. The summed E-state index contributed by atoms with van der Waals surface area (Å²) in [5.41, 5.74) is 6.20. The van der Waals surface area contributed by atoms with Crippen LogP contribution in [0.3, 0.4) is 0 Å². The van der Waals surface area contributed by atoms with Gasteiger partial charge in [-0.25, -0.2) is 4.39 Å². The lowest BCUT2D eigenvalue weighted by atomic mass is 10.1. The number of benzene rings is 2. The van der Waals surface area contributed by atoms with Gasteiger partial charge in [0.25, 0.3) is 0 Å². The molecule has 154 valence electrons. The summed E-state index contributed by atoms with van der Waals surface area (Å²) in [7, 11) is 0. The van der Waals surface area contributed by atoms with Gasteiger partial charge in [-0.1, -0.05) is 23.8 Å². The van der Waals surface area contributed by atoms with Crippen molar-refractivity contribution in [3.8, 4) is 0 Å². The highest BCUT2D eigenvalue weighted by molar-refractivity contribution is 5.85. The van der Waals surface area contributed by atoms with Crippen LogP contribution in [0.1, 0.15) is 28.8 Å². The molecular formula is C24H30FN3O. The third kappa shape index (κ3) is 4.53. The van der Waals surface area contributed by atoms with Crippen molar-refractivity contribution < 1.29 is 9.50 Å². The summed E-state index contributed by atoms with van der Waals surface area (Å²) >= 11 is 0. The Hall–Kier alpha value is -2.21. The lowest BCUT2D eigenvalue weighted by Gasteiger charge is -2.41. The molecule has 0 amide bonds. The van der Waals surface area contributed by atoms with Gasteiger partial charge < -0.3 is 10.1 Å². The molecule has 1 saturated heterocycles. The number of rotatable bonds is 6. The quantitative estimate of drug-likeness (QED) is 0.663. The summed E-state index contributed by atoms with van der Waals surface area (Å²) in [6.45, 7) is 9.06. The molecule has 0 spiro atoms. The molecule has 2 aromatic carbocycles. The highest BCUT2D eigenvalue weighted by Gasteiger charge is 2.27. The molecule has 0 bridgehead atoms. The molecule has 2 N–H and O–H groups in total. The average Bonchev–Trinajstić information content (AvgIpc) is 3.01. The van der Waals surface area contributed by atoms with E-state index in [9.17, 15) is 9.50 Å². The van der Waals surface area contributed by atoms with Crippen LogP contribution in [0.25, 0.3) is 10.9 Å². The van der Waals surface area contributed by atoms with Gasteiger partial charge >= 0.3 is 0 Å². The Morgan fingerprint density at radius 3 is 2.62 bits per heavy atom. The molecule has 4 rings (SSSR count). The number of piperazine rings is 1. The van der Waals surface area contributed by atoms with E-state index < -0.39 is 0 Å². The van der Waals surface area contributed by atoms with E-state index in [1.807, 2.05) is 12.1 Å². The fourth-order valence-electron chi connectivity index (χ4n) is 4.43. The zero-order valence-electron chi connectivity index (χ0n) is 17.3. The first-order valence-corrected chi connectivity index (χ1v) is 10.4. The Bertz CT molecular complexity index is 966. The number of aliphatic hydroxyl groups excluding tert-OH is 1. The summed E-state index contributed by atoms with van der Waals surface area (Å²) < 4.78 is 13.2. The summed E-state index contributed by atoms with van der Waals surface area (Å²) in [5.74, 6) is -0.200. The highest BCUT2D eigenvalue weighted by atomic mass is 19.1. The summed E-state index contributed by atoms with van der Waals surface area (Å²) in [6, 6.07) is 13.6. The summed E-state index contributed by atoms with van der Waals surface area (Å²) in [4.78, 5) is 8.50. The molecule has 0 radical (unpaired) electrons. The van der Waals surface area contributed by atoms with Crippen molar-refractivity contribution in [2.45, 2.75) is 39.4 Å². The van der Waals surface area contributed by atoms with E-state index in [0.29, 0.717) is 6.04 Å². The molecule has 0 aliphatic carbocycles. The molecule has 5 heteroatoms. The van der Waals surface area contributed by atoms with Crippen LogP contribution in [-0.4, -0.2) is 52.2 Å². The minimum Gasteiger partial charge on any atom is -0.396 e. The number of aromatic amines is 1. The molecule has 4 nitrogen and oxygen atoms in total. The Morgan fingerprint density at radius 1 is 1.07 bits per heavy atom. The maximum Gasteiger partial charge on any atom is 0.123 e. The van der Waals surface area contributed by atoms with Gasteiger partial charge in [0, 0.05) is 62.0 Å². The minimum atomic E-state index is -0.200. The number of fused-ring (bicyclic) bond motifs is 1. The summed E-state index contributed by atoms with van der Waals surface area (Å²) in [5, 5.41) is 10.9. The maximum atomic E-state index is 13.2. The van der Waals surface area contributed by atoms with Crippen molar-refractivity contribution in [3.63, 3.8) is 0 Å². The second kappa shape index (κ2) is 8.66. The highest BCUT2D eigenvalue weighted by Crippen LogP contribution is 2.25. The monoisotopic (exact) mass is 395 g/mol. The van der Waals surface area contributed by atoms with Crippen LogP contribution in [0, 0.1) is 19.7 Å².